The first-order valence-corrected chi connectivity index (χ1v) is 11.0. The number of aldehydes is 1. The molecule has 0 radical (unpaired) electrons. The highest BCUT2D eigenvalue weighted by Crippen LogP contribution is 2.47. The van der Waals surface area contributed by atoms with E-state index in [1.165, 1.54) is 24.8 Å². The number of halogens is 1. The van der Waals surface area contributed by atoms with Gasteiger partial charge in [-0.3, -0.25) is 4.79 Å². The van der Waals surface area contributed by atoms with Crippen LogP contribution in [0.5, 0.6) is 5.75 Å². The zero-order valence-corrected chi connectivity index (χ0v) is 18.4. The first kappa shape index (κ1) is 21.1. The quantitative estimate of drug-likeness (QED) is 0.686. The SMILES string of the molecule is COc1ccc(C(C)N[C@@H]2CCCC23CCN(c2cnc(C=O)c(Cl)n2)CC3)cc1. The van der Waals surface area contributed by atoms with Crippen LogP contribution in [0.1, 0.15) is 61.1 Å². The molecule has 2 atom stereocenters. The summed E-state index contributed by atoms with van der Waals surface area (Å²) in [5.41, 5.74) is 1.81. The van der Waals surface area contributed by atoms with Crippen LogP contribution in [0.25, 0.3) is 0 Å². The lowest BCUT2D eigenvalue weighted by Crippen LogP contribution is -2.49. The summed E-state index contributed by atoms with van der Waals surface area (Å²) < 4.78 is 5.28. The minimum atomic E-state index is 0.177. The number of nitrogens with zero attached hydrogens (tertiary/aromatic N) is 3. The first-order chi connectivity index (χ1) is 14.5. The van der Waals surface area contributed by atoms with Gasteiger partial charge < -0.3 is 15.0 Å². The molecule has 6 nitrogen and oxygen atoms in total. The Bertz CT molecular complexity index is 881. The summed E-state index contributed by atoms with van der Waals surface area (Å²) in [6, 6.07) is 9.16. The van der Waals surface area contributed by atoms with E-state index in [0.717, 1.165) is 37.5 Å². The average Bonchev–Trinajstić information content (AvgIpc) is 3.15. The number of hydrogen-bond acceptors (Lipinski definition) is 6. The van der Waals surface area contributed by atoms with E-state index in [1.54, 1.807) is 13.3 Å². The van der Waals surface area contributed by atoms with Gasteiger partial charge in [0.25, 0.3) is 0 Å². The number of benzene rings is 1. The molecule has 1 saturated carbocycles. The zero-order valence-electron chi connectivity index (χ0n) is 17.6. The summed E-state index contributed by atoms with van der Waals surface area (Å²) in [5.74, 6) is 1.65. The summed E-state index contributed by atoms with van der Waals surface area (Å²) in [7, 11) is 1.70. The van der Waals surface area contributed by atoms with Crippen LogP contribution in [0.2, 0.25) is 5.15 Å². The molecule has 1 aromatic heterocycles. The number of piperidine rings is 1. The highest BCUT2D eigenvalue weighted by molar-refractivity contribution is 6.31. The molecule has 1 unspecified atom stereocenters. The van der Waals surface area contributed by atoms with Crippen molar-refractivity contribution < 1.29 is 9.53 Å². The summed E-state index contributed by atoms with van der Waals surface area (Å²) in [6.07, 6.45) is 8.30. The number of rotatable bonds is 6. The fourth-order valence-corrected chi connectivity index (χ4v) is 5.25. The van der Waals surface area contributed by atoms with Crippen LogP contribution in [0.15, 0.2) is 30.5 Å². The van der Waals surface area contributed by atoms with Crippen LogP contribution in [-0.4, -0.2) is 42.5 Å². The van der Waals surface area contributed by atoms with Crippen molar-refractivity contribution in [1.29, 1.82) is 0 Å². The van der Waals surface area contributed by atoms with Crippen molar-refractivity contribution in [2.24, 2.45) is 5.41 Å². The number of ether oxygens (including phenoxy) is 1. The lowest BCUT2D eigenvalue weighted by molar-refractivity contribution is 0.111. The Morgan fingerprint density at radius 2 is 2.00 bits per heavy atom. The smallest absolute Gasteiger partial charge is 0.171 e. The van der Waals surface area contributed by atoms with Gasteiger partial charge in [-0.15, -0.1) is 0 Å². The van der Waals surface area contributed by atoms with Crippen molar-refractivity contribution in [3.63, 3.8) is 0 Å². The van der Waals surface area contributed by atoms with Crippen molar-refractivity contribution in [2.75, 3.05) is 25.1 Å². The highest BCUT2D eigenvalue weighted by Gasteiger charge is 2.45. The van der Waals surface area contributed by atoms with Gasteiger partial charge in [0, 0.05) is 25.2 Å². The molecule has 30 heavy (non-hydrogen) atoms. The van der Waals surface area contributed by atoms with Crippen molar-refractivity contribution in [3.05, 3.63) is 46.9 Å². The Morgan fingerprint density at radius 1 is 1.27 bits per heavy atom. The number of nitrogens with one attached hydrogen (secondary N) is 1. The molecule has 7 heteroatoms. The molecule has 160 valence electrons. The molecule has 1 saturated heterocycles. The molecule has 2 fully saturated rings. The van der Waals surface area contributed by atoms with Gasteiger partial charge in [-0.05, 0) is 55.7 Å². The Kier molecular flexibility index (Phi) is 6.25. The molecule has 1 aliphatic heterocycles. The number of hydrogen-bond donors (Lipinski definition) is 1. The first-order valence-electron chi connectivity index (χ1n) is 10.7. The summed E-state index contributed by atoms with van der Waals surface area (Å²) in [4.78, 5) is 21.7. The molecule has 1 N–H and O–H groups in total. The number of anilines is 1. The normalized spacial score (nSPS) is 21.6. The maximum absolute atomic E-state index is 10.9. The molecule has 1 spiro atoms. The second-order valence-electron chi connectivity index (χ2n) is 8.48. The average molecular weight is 429 g/mol. The maximum Gasteiger partial charge on any atom is 0.171 e. The van der Waals surface area contributed by atoms with E-state index in [9.17, 15) is 4.79 Å². The highest BCUT2D eigenvalue weighted by atomic mass is 35.5. The number of carbonyl (C=O) groups excluding carboxylic acids is 1. The number of carbonyl (C=O) groups is 1. The standard InChI is InChI=1S/C23H29ClN4O2/c1-16(17-5-7-18(30-2)8-6-17)26-20-4-3-9-23(20)10-12-28(13-11-23)21-14-25-19(15-29)22(24)27-21/h5-8,14-16,20,26H,3-4,9-13H2,1-2H3/t16?,20-/m1/s1. The summed E-state index contributed by atoms with van der Waals surface area (Å²) >= 11 is 6.08. The van der Waals surface area contributed by atoms with Gasteiger partial charge in [-0.1, -0.05) is 30.2 Å². The van der Waals surface area contributed by atoms with Crippen LogP contribution < -0.4 is 15.0 Å². The maximum atomic E-state index is 10.9. The van der Waals surface area contributed by atoms with E-state index in [-0.39, 0.29) is 10.8 Å². The van der Waals surface area contributed by atoms with E-state index in [4.69, 9.17) is 16.3 Å². The van der Waals surface area contributed by atoms with E-state index in [1.807, 2.05) is 12.1 Å². The Hall–Kier alpha value is -2.18. The van der Waals surface area contributed by atoms with Gasteiger partial charge in [-0.25, -0.2) is 9.97 Å². The fraction of sp³-hybridized carbons (Fsp3) is 0.522. The van der Waals surface area contributed by atoms with Gasteiger partial charge in [0.1, 0.15) is 17.3 Å². The third kappa shape index (κ3) is 4.16. The molecule has 1 aliphatic carbocycles. The largest absolute Gasteiger partial charge is 0.497 e. The Morgan fingerprint density at radius 3 is 2.63 bits per heavy atom. The molecule has 0 amide bonds. The molecule has 1 aromatic carbocycles. The topological polar surface area (TPSA) is 67.3 Å². The molecular formula is C23H29ClN4O2. The van der Waals surface area contributed by atoms with E-state index in [0.29, 0.717) is 23.8 Å². The Labute approximate surface area is 183 Å². The third-order valence-corrected chi connectivity index (χ3v) is 7.19. The van der Waals surface area contributed by atoms with E-state index in [2.05, 4.69) is 39.2 Å². The Balaban J connectivity index is 1.40. The van der Waals surface area contributed by atoms with E-state index < -0.39 is 0 Å². The molecule has 0 bridgehead atoms. The summed E-state index contributed by atoms with van der Waals surface area (Å²) in [6.45, 7) is 4.11. The van der Waals surface area contributed by atoms with Crippen LogP contribution in [0, 0.1) is 5.41 Å². The van der Waals surface area contributed by atoms with Crippen molar-refractivity contribution in [3.8, 4) is 5.75 Å². The van der Waals surface area contributed by atoms with E-state index >= 15 is 0 Å². The van der Waals surface area contributed by atoms with Gasteiger partial charge in [0.05, 0.1) is 13.3 Å². The predicted molar refractivity (Wildman–Crippen MR) is 118 cm³/mol. The molecule has 2 aliphatic rings. The summed E-state index contributed by atoms with van der Waals surface area (Å²) in [5, 5.41) is 4.10. The molecule has 4 rings (SSSR count). The lowest BCUT2D eigenvalue weighted by Gasteiger charge is -2.44. The molecule has 2 aromatic rings. The van der Waals surface area contributed by atoms with Crippen molar-refractivity contribution in [1.82, 2.24) is 15.3 Å². The zero-order chi connectivity index (χ0) is 21.1. The second kappa shape index (κ2) is 8.90. The van der Waals surface area contributed by atoms with Crippen LogP contribution >= 0.6 is 11.6 Å². The van der Waals surface area contributed by atoms with Crippen LogP contribution in [0.4, 0.5) is 5.82 Å². The van der Waals surface area contributed by atoms with Crippen molar-refractivity contribution in [2.45, 2.75) is 51.1 Å². The molecular weight excluding hydrogens is 400 g/mol. The van der Waals surface area contributed by atoms with Gasteiger partial charge in [0.15, 0.2) is 11.4 Å². The van der Waals surface area contributed by atoms with Gasteiger partial charge in [0.2, 0.25) is 0 Å². The van der Waals surface area contributed by atoms with Crippen molar-refractivity contribution >= 4 is 23.7 Å². The third-order valence-electron chi connectivity index (χ3n) is 6.91. The van der Waals surface area contributed by atoms with Crippen LogP contribution in [-0.2, 0) is 0 Å². The monoisotopic (exact) mass is 428 g/mol. The lowest BCUT2D eigenvalue weighted by atomic mass is 9.73. The number of aromatic nitrogens is 2. The molecule has 2 heterocycles. The number of methoxy groups -OCH3 is 1. The minimum Gasteiger partial charge on any atom is -0.497 e. The van der Waals surface area contributed by atoms with Gasteiger partial charge >= 0.3 is 0 Å². The minimum absolute atomic E-state index is 0.177. The second-order valence-corrected chi connectivity index (χ2v) is 8.84. The van der Waals surface area contributed by atoms with Crippen LogP contribution in [0.3, 0.4) is 0 Å². The predicted octanol–water partition coefficient (Wildman–Crippen LogP) is 4.44. The van der Waals surface area contributed by atoms with Gasteiger partial charge in [-0.2, -0.15) is 0 Å². The fourth-order valence-electron chi connectivity index (χ4n) is 5.07.